The molecular formula is C14H23NO. The molecule has 16 heavy (non-hydrogen) atoms. The largest absolute Gasteiger partial charge is 0.388 e. The number of hydrogen-bond donors (Lipinski definition) is 1. The van der Waals surface area contributed by atoms with Crippen LogP contribution in [-0.4, -0.2) is 10.7 Å². The lowest BCUT2D eigenvalue weighted by atomic mass is 9.59. The van der Waals surface area contributed by atoms with E-state index in [0.29, 0.717) is 5.92 Å². The van der Waals surface area contributed by atoms with Gasteiger partial charge in [0.25, 0.3) is 0 Å². The highest BCUT2D eigenvalue weighted by Crippen LogP contribution is 2.54. The minimum atomic E-state index is -0.706. The maximum absolute atomic E-state index is 10.9. The van der Waals surface area contributed by atoms with Crippen molar-refractivity contribution in [3.05, 3.63) is 0 Å². The fourth-order valence-corrected chi connectivity index (χ4v) is 3.77. The van der Waals surface area contributed by atoms with Crippen molar-refractivity contribution in [3.63, 3.8) is 0 Å². The molecule has 2 rings (SSSR count). The third-order valence-electron chi connectivity index (χ3n) is 5.18. The fraction of sp³-hybridized carbons (Fsp3) is 0.929. The molecule has 0 amide bonds. The molecule has 0 saturated heterocycles. The van der Waals surface area contributed by atoms with Gasteiger partial charge in [-0.2, -0.15) is 5.26 Å². The molecule has 2 aliphatic carbocycles. The average molecular weight is 221 g/mol. The van der Waals surface area contributed by atoms with Gasteiger partial charge in [0.2, 0.25) is 0 Å². The van der Waals surface area contributed by atoms with Gasteiger partial charge < -0.3 is 5.11 Å². The third-order valence-corrected chi connectivity index (χ3v) is 5.18. The molecule has 2 unspecified atom stereocenters. The van der Waals surface area contributed by atoms with Crippen LogP contribution < -0.4 is 0 Å². The highest BCUT2D eigenvalue weighted by Gasteiger charge is 2.56. The van der Waals surface area contributed by atoms with Crippen molar-refractivity contribution in [2.75, 3.05) is 0 Å². The Morgan fingerprint density at radius 1 is 1.12 bits per heavy atom. The molecular weight excluding hydrogens is 198 g/mol. The van der Waals surface area contributed by atoms with E-state index in [4.69, 9.17) is 0 Å². The molecule has 2 nitrogen and oxygen atoms in total. The second kappa shape index (κ2) is 4.04. The molecule has 2 atom stereocenters. The van der Waals surface area contributed by atoms with E-state index >= 15 is 0 Å². The summed E-state index contributed by atoms with van der Waals surface area (Å²) in [5.41, 5.74) is -1.16. The first kappa shape index (κ1) is 11.9. The van der Waals surface area contributed by atoms with Crippen LogP contribution in [0.15, 0.2) is 0 Å². The van der Waals surface area contributed by atoms with Crippen molar-refractivity contribution in [2.45, 2.75) is 64.4 Å². The predicted molar refractivity (Wildman–Crippen MR) is 63.6 cm³/mol. The van der Waals surface area contributed by atoms with Gasteiger partial charge in [-0.15, -0.1) is 0 Å². The van der Waals surface area contributed by atoms with E-state index in [-0.39, 0.29) is 0 Å². The Hall–Kier alpha value is -0.550. The zero-order valence-corrected chi connectivity index (χ0v) is 10.5. The summed E-state index contributed by atoms with van der Waals surface area (Å²) in [5.74, 6) is 1.02. The van der Waals surface area contributed by atoms with Gasteiger partial charge in [-0.25, -0.2) is 0 Å². The summed E-state index contributed by atoms with van der Waals surface area (Å²) < 4.78 is 0. The monoisotopic (exact) mass is 221 g/mol. The Kier molecular flexibility index (Phi) is 3.01. The first-order valence-corrected chi connectivity index (χ1v) is 6.68. The molecule has 2 heteroatoms. The maximum Gasteiger partial charge on any atom is 0.0863 e. The van der Waals surface area contributed by atoms with Gasteiger partial charge in [-0.05, 0) is 50.4 Å². The summed E-state index contributed by atoms with van der Waals surface area (Å²) in [6, 6.07) is 2.50. The van der Waals surface area contributed by atoms with E-state index < -0.39 is 11.0 Å². The summed E-state index contributed by atoms with van der Waals surface area (Å²) in [6.45, 7) is 4.37. The second-order valence-corrected chi connectivity index (χ2v) is 6.09. The quantitative estimate of drug-likeness (QED) is 0.738. The lowest BCUT2D eigenvalue weighted by molar-refractivity contribution is -0.0997. The third kappa shape index (κ3) is 1.57. The molecule has 0 heterocycles. The Bertz CT molecular complexity index is 298. The Labute approximate surface area is 98.7 Å². The lowest BCUT2D eigenvalue weighted by Crippen LogP contribution is -2.51. The molecule has 0 radical (unpaired) electrons. The molecule has 2 fully saturated rings. The molecule has 1 N–H and O–H groups in total. The first-order valence-electron chi connectivity index (χ1n) is 6.68. The molecule has 0 aromatic carbocycles. The smallest absolute Gasteiger partial charge is 0.0863 e. The van der Waals surface area contributed by atoms with E-state index in [1.807, 2.05) is 0 Å². The van der Waals surface area contributed by atoms with E-state index in [0.717, 1.165) is 50.9 Å². The zero-order chi connectivity index (χ0) is 11.8. The molecule has 2 aliphatic rings. The number of hydrogen-bond acceptors (Lipinski definition) is 2. The van der Waals surface area contributed by atoms with Crippen molar-refractivity contribution >= 4 is 0 Å². The Morgan fingerprint density at radius 3 is 2.19 bits per heavy atom. The van der Waals surface area contributed by atoms with Gasteiger partial charge >= 0.3 is 0 Å². The van der Waals surface area contributed by atoms with Crippen molar-refractivity contribution in [1.82, 2.24) is 0 Å². The van der Waals surface area contributed by atoms with Crippen LogP contribution in [0, 0.1) is 28.6 Å². The second-order valence-electron chi connectivity index (χ2n) is 6.09. The van der Waals surface area contributed by atoms with Crippen LogP contribution in [-0.2, 0) is 0 Å². The SMILES string of the molecule is CC1CCC(C#N)(C2(O)CCCC2C)CC1. The maximum atomic E-state index is 10.9. The number of nitriles is 1. The van der Waals surface area contributed by atoms with Crippen molar-refractivity contribution in [2.24, 2.45) is 17.3 Å². The van der Waals surface area contributed by atoms with Crippen LogP contribution in [0.1, 0.15) is 58.8 Å². The predicted octanol–water partition coefficient (Wildman–Crippen LogP) is 3.26. The van der Waals surface area contributed by atoms with Crippen LogP contribution in [0.25, 0.3) is 0 Å². The van der Waals surface area contributed by atoms with Crippen molar-refractivity contribution in [1.29, 1.82) is 5.26 Å². The molecule has 0 spiro atoms. The minimum Gasteiger partial charge on any atom is -0.388 e. The van der Waals surface area contributed by atoms with E-state index in [2.05, 4.69) is 19.9 Å². The highest BCUT2D eigenvalue weighted by atomic mass is 16.3. The highest BCUT2D eigenvalue weighted by molar-refractivity contribution is 5.16. The van der Waals surface area contributed by atoms with Gasteiger partial charge in [0.1, 0.15) is 0 Å². The number of aliphatic hydroxyl groups is 1. The topological polar surface area (TPSA) is 44.0 Å². The van der Waals surface area contributed by atoms with Gasteiger partial charge in [0.15, 0.2) is 0 Å². The fourth-order valence-electron chi connectivity index (χ4n) is 3.77. The number of nitrogens with zero attached hydrogens (tertiary/aromatic N) is 1. The summed E-state index contributed by atoms with van der Waals surface area (Å²) in [6.07, 6.45) is 6.98. The summed E-state index contributed by atoms with van der Waals surface area (Å²) in [5, 5.41) is 20.5. The van der Waals surface area contributed by atoms with Crippen LogP contribution in [0.4, 0.5) is 0 Å². The molecule has 2 saturated carbocycles. The summed E-state index contributed by atoms with van der Waals surface area (Å²) >= 11 is 0. The van der Waals surface area contributed by atoms with E-state index in [9.17, 15) is 10.4 Å². The van der Waals surface area contributed by atoms with Crippen LogP contribution in [0.2, 0.25) is 0 Å². The minimum absolute atomic E-state index is 0.292. The van der Waals surface area contributed by atoms with Crippen LogP contribution in [0.5, 0.6) is 0 Å². The number of rotatable bonds is 1. The first-order chi connectivity index (χ1) is 7.54. The van der Waals surface area contributed by atoms with Crippen LogP contribution in [0.3, 0.4) is 0 Å². The molecule has 0 aromatic heterocycles. The molecule has 90 valence electrons. The Balaban J connectivity index is 2.25. The summed E-state index contributed by atoms with van der Waals surface area (Å²) in [7, 11) is 0. The molecule has 0 bridgehead atoms. The zero-order valence-electron chi connectivity index (χ0n) is 10.5. The van der Waals surface area contributed by atoms with Crippen molar-refractivity contribution in [3.8, 4) is 6.07 Å². The average Bonchev–Trinajstić information content (AvgIpc) is 2.62. The normalized spacial score (nSPS) is 48.9. The van der Waals surface area contributed by atoms with Crippen LogP contribution >= 0.6 is 0 Å². The van der Waals surface area contributed by atoms with Gasteiger partial charge in [-0.1, -0.05) is 20.3 Å². The standard InChI is InChI=1S/C14H23NO/c1-11-5-8-13(10-15,9-6-11)14(16)7-3-4-12(14)2/h11-12,16H,3-9H2,1-2H3. The van der Waals surface area contributed by atoms with E-state index in [1.54, 1.807) is 0 Å². The van der Waals surface area contributed by atoms with Crippen molar-refractivity contribution < 1.29 is 5.11 Å². The van der Waals surface area contributed by atoms with Gasteiger partial charge in [0.05, 0.1) is 17.1 Å². The van der Waals surface area contributed by atoms with Gasteiger partial charge in [0, 0.05) is 0 Å². The Morgan fingerprint density at radius 2 is 1.75 bits per heavy atom. The summed E-state index contributed by atoms with van der Waals surface area (Å²) in [4.78, 5) is 0. The van der Waals surface area contributed by atoms with E-state index in [1.165, 1.54) is 0 Å². The van der Waals surface area contributed by atoms with Gasteiger partial charge in [-0.3, -0.25) is 0 Å². The molecule has 0 aliphatic heterocycles. The lowest BCUT2D eigenvalue weighted by Gasteiger charge is -2.46. The molecule has 0 aromatic rings.